The molecule has 1 aromatic rings. The Morgan fingerprint density at radius 3 is 1.48 bits per heavy atom. The van der Waals surface area contributed by atoms with Crippen molar-refractivity contribution in [2.45, 2.75) is 20.3 Å². The predicted octanol–water partition coefficient (Wildman–Crippen LogP) is 7.56. The minimum absolute atomic E-state index is 0. The van der Waals surface area contributed by atoms with Gasteiger partial charge in [0.1, 0.15) is 0 Å². The number of rotatable bonds is 0. The van der Waals surface area contributed by atoms with E-state index in [0.717, 1.165) is 14.6 Å². The molecule has 0 spiro atoms. The third-order valence-electron chi connectivity index (χ3n) is 1.03. The first-order valence-electron chi connectivity index (χ1n) is 4.46. The van der Waals surface area contributed by atoms with Crippen molar-refractivity contribution in [1.29, 1.82) is 0 Å². The fraction of sp³-hybridized carbons (Fsp3) is 0.158. The first kappa shape index (κ1) is 65.4. The standard InChI is InChI=1S/C5H5.C4H4P.C3H6.7CH3.2ClH.Ti/c2*1-2-4-5-3-1;1-3-2;;;;;;;;;;/h1-3H,4H2;1-3,5H;1-2H3;7*1H3;2*1H;/q2*-1;;7*-1;;;. The summed E-state index contributed by atoms with van der Waals surface area (Å²) in [5, 5.41) is 0. The van der Waals surface area contributed by atoms with Gasteiger partial charge in [0, 0.05) is 0 Å². The zero-order valence-electron chi connectivity index (χ0n) is 16.5. The van der Waals surface area contributed by atoms with Crippen LogP contribution >= 0.6 is 33.0 Å². The molecule has 1 aliphatic rings. The molecule has 146 valence electrons. The summed E-state index contributed by atoms with van der Waals surface area (Å²) in [6, 6.07) is 3.96. The molecule has 0 radical (unpaired) electrons. The number of hydrogen-bond donors (Lipinski definition) is 0. The Balaban J connectivity index is -0.0000000116. The zero-order valence-corrected chi connectivity index (χ0v) is 20.7. The van der Waals surface area contributed by atoms with Crippen molar-refractivity contribution >= 4 is 36.8 Å². The van der Waals surface area contributed by atoms with Gasteiger partial charge in [0.25, 0.3) is 0 Å². The first-order valence-corrected chi connectivity index (χ1v) is 6.32. The molecule has 4 heteroatoms. The van der Waals surface area contributed by atoms with E-state index < -0.39 is 0 Å². The summed E-state index contributed by atoms with van der Waals surface area (Å²) in [7, 11) is 0.823. The van der Waals surface area contributed by atoms with Gasteiger partial charge in [-0.15, -0.1) is 31.2 Å². The van der Waals surface area contributed by atoms with Crippen LogP contribution in [-0.4, -0.2) is 3.81 Å². The van der Waals surface area contributed by atoms with Crippen molar-refractivity contribution in [3.05, 3.63) is 100 Å². The smallest absolute Gasteiger partial charge is 0.109 e. The van der Waals surface area contributed by atoms with Gasteiger partial charge in [0.15, 0.2) is 0 Å². The van der Waals surface area contributed by atoms with E-state index in [1.807, 2.05) is 24.3 Å². The third kappa shape index (κ3) is 86.1. The van der Waals surface area contributed by atoms with Crippen LogP contribution in [0.25, 0.3) is 0 Å². The molecule has 23 heavy (non-hydrogen) atoms. The Hall–Kier alpha value is 0.424. The largest absolute Gasteiger partial charge is 0.358 e. The number of allylic oxidation sites excluding steroid dienone is 4. The number of halogens is 2. The molecule has 0 saturated carbocycles. The van der Waals surface area contributed by atoms with Crippen LogP contribution in [0.15, 0.2) is 36.2 Å². The molecular weight excluding hydrogens is 378 g/mol. The summed E-state index contributed by atoms with van der Waals surface area (Å²) in [5.41, 5.74) is 0. The summed E-state index contributed by atoms with van der Waals surface area (Å²) in [4.78, 5) is 0. The summed E-state index contributed by atoms with van der Waals surface area (Å²) in [6.07, 6.45) is 10.0. The molecular formula is C19H38Cl2PTi-9. The Kier molecular flexibility index (Phi) is 162. The fourth-order valence-electron chi connectivity index (χ4n) is 0.581. The van der Waals surface area contributed by atoms with E-state index in [9.17, 15) is 0 Å². The molecule has 0 saturated heterocycles. The molecule has 0 N–H and O–H groups in total. The van der Waals surface area contributed by atoms with Crippen molar-refractivity contribution in [2.75, 3.05) is 0 Å². The van der Waals surface area contributed by atoms with Crippen LogP contribution in [0, 0.1) is 63.9 Å². The minimum Gasteiger partial charge on any atom is -0.358 e. The minimum atomic E-state index is 0. The van der Waals surface area contributed by atoms with E-state index in [0.29, 0.717) is 0 Å². The molecule has 0 amide bonds. The van der Waals surface area contributed by atoms with Crippen LogP contribution in [0.4, 0.5) is 0 Å². The maximum atomic E-state index is 3.01. The normalized spacial score (nSPS) is 7.00. The van der Waals surface area contributed by atoms with Crippen LogP contribution in [-0.2, 0) is 20.0 Å². The van der Waals surface area contributed by atoms with Gasteiger partial charge in [-0.1, -0.05) is 0 Å². The maximum Gasteiger partial charge on any atom is -0.109 e. The quantitative estimate of drug-likeness (QED) is 0.302. The summed E-state index contributed by atoms with van der Waals surface area (Å²) < 4.78 is 1.42. The van der Waals surface area contributed by atoms with Crippen molar-refractivity contribution in [2.24, 2.45) is 0 Å². The molecule has 0 fully saturated rings. The van der Waals surface area contributed by atoms with Gasteiger partial charge in [0.05, 0.1) is 0 Å². The molecule has 1 heterocycles. The average molecular weight is 416 g/mol. The molecule has 0 nitrogen and oxygen atoms in total. The van der Waals surface area contributed by atoms with Crippen molar-refractivity contribution < 1.29 is 20.0 Å². The second kappa shape index (κ2) is 57.1. The van der Waals surface area contributed by atoms with Gasteiger partial charge in [-0.3, -0.25) is 14.3 Å². The molecule has 2 rings (SSSR count). The Labute approximate surface area is 176 Å². The van der Waals surface area contributed by atoms with Crippen LogP contribution in [0.5, 0.6) is 0 Å². The fourth-order valence-corrected chi connectivity index (χ4v) is 1.06. The van der Waals surface area contributed by atoms with Crippen LogP contribution < -0.4 is 0 Å². The van der Waals surface area contributed by atoms with Gasteiger partial charge < -0.3 is 52.0 Å². The Bertz CT molecular complexity index is 250. The first-order chi connectivity index (χ1) is 6.73. The van der Waals surface area contributed by atoms with Gasteiger partial charge in [-0.2, -0.15) is 23.7 Å². The average Bonchev–Trinajstić information content (AvgIpc) is 2.83. The molecule has 1 atom stereocenters. The second-order valence-electron chi connectivity index (χ2n) is 2.82. The third-order valence-corrected chi connectivity index (χ3v) is 1.72. The Morgan fingerprint density at radius 2 is 1.39 bits per heavy atom. The SMILES string of the molecule is C[C](C)=[Ti].Cl.Cl.[C-]1=CC=CC1.[CH3-].[CH3-].[CH3-].[CH3-].[CH3-].[CH3-].[CH3-].[c-]1ccc[pH]1. The van der Waals surface area contributed by atoms with E-state index in [1.165, 1.54) is 3.81 Å². The van der Waals surface area contributed by atoms with E-state index in [1.54, 1.807) is 0 Å². The maximum absolute atomic E-state index is 3.01. The van der Waals surface area contributed by atoms with Gasteiger partial charge >= 0.3 is 37.6 Å². The second-order valence-corrected chi connectivity index (χ2v) is 5.29. The zero-order chi connectivity index (χ0) is 10.6. The van der Waals surface area contributed by atoms with Crippen LogP contribution in [0.2, 0.25) is 0 Å². The molecule has 0 aromatic carbocycles. The van der Waals surface area contributed by atoms with Crippen molar-refractivity contribution in [3.8, 4) is 0 Å². The topological polar surface area (TPSA) is 0 Å². The van der Waals surface area contributed by atoms with E-state index in [4.69, 9.17) is 0 Å². The monoisotopic (exact) mass is 415 g/mol. The predicted molar refractivity (Wildman–Crippen MR) is 122 cm³/mol. The van der Waals surface area contributed by atoms with Gasteiger partial charge in [0.2, 0.25) is 0 Å². The molecule has 1 aromatic heterocycles. The van der Waals surface area contributed by atoms with E-state index >= 15 is 0 Å². The van der Waals surface area contributed by atoms with E-state index in [2.05, 4.69) is 57.6 Å². The molecule has 1 aliphatic carbocycles. The summed E-state index contributed by atoms with van der Waals surface area (Å²) in [6.45, 7) is 4.17. The van der Waals surface area contributed by atoms with Crippen molar-refractivity contribution in [1.82, 2.24) is 0 Å². The summed E-state index contributed by atoms with van der Waals surface area (Å²) in [5.74, 6) is 5.11. The molecule has 0 bridgehead atoms. The van der Waals surface area contributed by atoms with Crippen LogP contribution in [0.1, 0.15) is 20.3 Å². The van der Waals surface area contributed by atoms with Gasteiger partial charge in [-0.05, 0) is 0 Å². The molecule has 1 unspecified atom stereocenters. The van der Waals surface area contributed by atoms with Gasteiger partial charge in [-0.25, -0.2) is 18.2 Å². The summed E-state index contributed by atoms with van der Waals surface area (Å²) >= 11 is 2.08. The molecule has 0 aliphatic heterocycles. The van der Waals surface area contributed by atoms with Crippen LogP contribution in [0.3, 0.4) is 0 Å². The van der Waals surface area contributed by atoms with Crippen molar-refractivity contribution in [3.63, 3.8) is 0 Å². The Morgan fingerprint density at radius 1 is 0.957 bits per heavy atom. The number of hydrogen-bond acceptors (Lipinski definition) is 0. The van der Waals surface area contributed by atoms with E-state index in [-0.39, 0.29) is 76.8 Å².